The highest BCUT2D eigenvalue weighted by Gasteiger charge is 2.16. The van der Waals surface area contributed by atoms with Crippen molar-refractivity contribution in [3.05, 3.63) is 34.1 Å². The van der Waals surface area contributed by atoms with Gasteiger partial charge in [-0.2, -0.15) is 0 Å². The van der Waals surface area contributed by atoms with Crippen molar-refractivity contribution >= 4 is 17.6 Å². The van der Waals surface area contributed by atoms with E-state index in [0.29, 0.717) is 5.56 Å². The van der Waals surface area contributed by atoms with Gasteiger partial charge in [0.05, 0.1) is 10.6 Å². The number of carbonyl (C=O) groups is 1. The molecule has 0 aliphatic rings. The fourth-order valence-electron chi connectivity index (χ4n) is 1.23. The lowest BCUT2D eigenvalue weighted by Crippen LogP contribution is -2.05. The zero-order valence-corrected chi connectivity index (χ0v) is 8.60. The van der Waals surface area contributed by atoms with Crippen LogP contribution in [-0.4, -0.2) is 11.1 Å². The molecule has 0 bridgehead atoms. The van der Waals surface area contributed by atoms with E-state index in [0.717, 1.165) is 6.07 Å². The van der Waals surface area contributed by atoms with Crippen LogP contribution >= 0.6 is 11.6 Å². The minimum Gasteiger partial charge on any atom is -0.478 e. The summed E-state index contributed by atoms with van der Waals surface area (Å²) in [6.07, 6.45) is 0. The van der Waals surface area contributed by atoms with Gasteiger partial charge in [-0.3, -0.25) is 0 Å². The predicted octanol–water partition coefficient (Wildman–Crippen LogP) is 3.30. The molecule has 0 amide bonds. The molecule has 1 rings (SSSR count). The average molecular weight is 217 g/mol. The minimum atomic E-state index is -1.13. The summed E-state index contributed by atoms with van der Waals surface area (Å²) in [5.41, 5.74) is 0.519. The molecule has 0 aliphatic carbocycles. The fraction of sp³-hybridized carbons (Fsp3) is 0.300. The van der Waals surface area contributed by atoms with Crippen LogP contribution in [0.4, 0.5) is 4.39 Å². The van der Waals surface area contributed by atoms with E-state index in [1.54, 1.807) is 0 Å². The number of rotatable bonds is 2. The molecule has 4 heteroatoms. The van der Waals surface area contributed by atoms with Gasteiger partial charge in [0.1, 0.15) is 5.82 Å². The standard InChI is InChI=1S/C10H10ClFO2/c1-5(2)6-3-8(11)9(12)4-7(6)10(13)14/h3-5H,1-2H3,(H,13,14). The minimum absolute atomic E-state index is 0.000741. The summed E-state index contributed by atoms with van der Waals surface area (Å²) in [5, 5.41) is 8.78. The maximum atomic E-state index is 13.0. The monoisotopic (exact) mass is 216 g/mol. The van der Waals surface area contributed by atoms with Gasteiger partial charge in [-0.15, -0.1) is 0 Å². The molecule has 0 saturated carbocycles. The Morgan fingerprint density at radius 3 is 2.50 bits per heavy atom. The molecule has 0 unspecified atom stereocenters. The summed E-state index contributed by atoms with van der Waals surface area (Å²) in [6.45, 7) is 3.66. The number of aromatic carboxylic acids is 1. The molecule has 0 spiro atoms. The summed E-state index contributed by atoms with van der Waals surface area (Å²) in [7, 11) is 0. The highest BCUT2D eigenvalue weighted by Crippen LogP contribution is 2.26. The van der Waals surface area contributed by atoms with Crippen molar-refractivity contribution in [3.8, 4) is 0 Å². The van der Waals surface area contributed by atoms with Crippen LogP contribution in [0.2, 0.25) is 5.02 Å². The first-order chi connectivity index (χ1) is 6.43. The first-order valence-corrected chi connectivity index (χ1v) is 4.53. The fourth-order valence-corrected chi connectivity index (χ4v) is 1.40. The second-order valence-corrected chi connectivity index (χ2v) is 3.72. The molecule has 1 aromatic rings. The predicted molar refractivity (Wildman–Crippen MR) is 52.5 cm³/mol. The highest BCUT2D eigenvalue weighted by atomic mass is 35.5. The third-order valence-corrected chi connectivity index (χ3v) is 2.23. The summed E-state index contributed by atoms with van der Waals surface area (Å²) < 4.78 is 13.0. The van der Waals surface area contributed by atoms with E-state index in [1.807, 2.05) is 13.8 Å². The summed E-state index contributed by atoms with van der Waals surface area (Å²) >= 11 is 5.57. The van der Waals surface area contributed by atoms with E-state index in [9.17, 15) is 9.18 Å². The highest BCUT2D eigenvalue weighted by molar-refractivity contribution is 6.30. The third-order valence-electron chi connectivity index (χ3n) is 1.94. The Balaban J connectivity index is 3.39. The van der Waals surface area contributed by atoms with E-state index >= 15 is 0 Å². The van der Waals surface area contributed by atoms with Crippen molar-refractivity contribution in [2.45, 2.75) is 19.8 Å². The Kier molecular flexibility index (Phi) is 3.11. The molecule has 0 fully saturated rings. The van der Waals surface area contributed by atoms with Crippen LogP contribution in [0.1, 0.15) is 35.7 Å². The molecular weight excluding hydrogens is 207 g/mol. The summed E-state index contributed by atoms with van der Waals surface area (Å²) in [5.74, 6) is -1.84. The topological polar surface area (TPSA) is 37.3 Å². The molecule has 2 nitrogen and oxygen atoms in total. The van der Waals surface area contributed by atoms with Crippen LogP contribution in [0.5, 0.6) is 0 Å². The lowest BCUT2D eigenvalue weighted by atomic mass is 9.97. The maximum absolute atomic E-state index is 13.0. The molecular formula is C10H10ClFO2. The maximum Gasteiger partial charge on any atom is 0.336 e. The van der Waals surface area contributed by atoms with Gasteiger partial charge >= 0.3 is 5.97 Å². The third kappa shape index (κ3) is 2.04. The Labute approximate surface area is 86.3 Å². The van der Waals surface area contributed by atoms with Crippen molar-refractivity contribution in [2.75, 3.05) is 0 Å². The second-order valence-electron chi connectivity index (χ2n) is 3.31. The number of hydrogen-bond acceptors (Lipinski definition) is 1. The van der Waals surface area contributed by atoms with Crippen LogP contribution < -0.4 is 0 Å². The van der Waals surface area contributed by atoms with Gasteiger partial charge in [0.15, 0.2) is 0 Å². The Hall–Kier alpha value is -1.09. The first kappa shape index (κ1) is 11.0. The van der Waals surface area contributed by atoms with Crippen molar-refractivity contribution in [3.63, 3.8) is 0 Å². The molecule has 0 aromatic heterocycles. The number of benzene rings is 1. The molecule has 0 aliphatic heterocycles. The summed E-state index contributed by atoms with van der Waals surface area (Å²) in [4.78, 5) is 10.8. The molecule has 0 atom stereocenters. The van der Waals surface area contributed by atoms with Crippen molar-refractivity contribution in [1.82, 2.24) is 0 Å². The number of hydrogen-bond donors (Lipinski definition) is 1. The van der Waals surface area contributed by atoms with E-state index in [1.165, 1.54) is 6.07 Å². The van der Waals surface area contributed by atoms with E-state index in [-0.39, 0.29) is 16.5 Å². The second kappa shape index (κ2) is 3.96. The normalized spacial score (nSPS) is 10.6. The van der Waals surface area contributed by atoms with Crippen LogP contribution in [0.15, 0.2) is 12.1 Å². The molecule has 0 saturated heterocycles. The Morgan fingerprint density at radius 1 is 1.50 bits per heavy atom. The largest absolute Gasteiger partial charge is 0.478 e. The number of carboxylic acid groups (broad SMARTS) is 1. The summed E-state index contributed by atoms with van der Waals surface area (Å²) in [6, 6.07) is 2.32. The van der Waals surface area contributed by atoms with Crippen LogP contribution in [0, 0.1) is 5.82 Å². The lowest BCUT2D eigenvalue weighted by molar-refractivity contribution is 0.0694. The van der Waals surface area contributed by atoms with Gasteiger partial charge in [-0.05, 0) is 23.6 Å². The molecule has 0 radical (unpaired) electrons. The Morgan fingerprint density at radius 2 is 2.07 bits per heavy atom. The molecule has 1 N–H and O–H groups in total. The van der Waals surface area contributed by atoms with Gasteiger partial charge in [-0.1, -0.05) is 25.4 Å². The Bertz CT molecular complexity index is 375. The van der Waals surface area contributed by atoms with E-state index in [4.69, 9.17) is 16.7 Å². The molecule has 1 aromatic carbocycles. The van der Waals surface area contributed by atoms with E-state index in [2.05, 4.69) is 0 Å². The zero-order valence-electron chi connectivity index (χ0n) is 7.84. The van der Waals surface area contributed by atoms with E-state index < -0.39 is 11.8 Å². The van der Waals surface area contributed by atoms with Gasteiger partial charge in [0, 0.05) is 0 Å². The quantitative estimate of drug-likeness (QED) is 0.824. The van der Waals surface area contributed by atoms with Crippen LogP contribution in [0.3, 0.4) is 0 Å². The van der Waals surface area contributed by atoms with Crippen molar-refractivity contribution in [1.29, 1.82) is 0 Å². The first-order valence-electron chi connectivity index (χ1n) is 4.15. The zero-order chi connectivity index (χ0) is 10.9. The van der Waals surface area contributed by atoms with Crippen molar-refractivity contribution in [2.24, 2.45) is 0 Å². The van der Waals surface area contributed by atoms with Gasteiger partial charge in [0.2, 0.25) is 0 Å². The molecule has 76 valence electrons. The van der Waals surface area contributed by atoms with Gasteiger partial charge < -0.3 is 5.11 Å². The SMILES string of the molecule is CC(C)c1cc(Cl)c(F)cc1C(=O)O. The average Bonchev–Trinajstić information content (AvgIpc) is 2.08. The van der Waals surface area contributed by atoms with Gasteiger partial charge in [-0.25, -0.2) is 9.18 Å². The van der Waals surface area contributed by atoms with Crippen LogP contribution in [-0.2, 0) is 0 Å². The molecule has 14 heavy (non-hydrogen) atoms. The van der Waals surface area contributed by atoms with Gasteiger partial charge in [0.25, 0.3) is 0 Å². The smallest absolute Gasteiger partial charge is 0.336 e. The number of halogens is 2. The van der Waals surface area contributed by atoms with Crippen molar-refractivity contribution < 1.29 is 14.3 Å². The number of carboxylic acids is 1. The molecule has 0 heterocycles. The van der Waals surface area contributed by atoms with Crippen LogP contribution in [0.25, 0.3) is 0 Å². The lowest BCUT2D eigenvalue weighted by Gasteiger charge is -2.10.